The van der Waals surface area contributed by atoms with Crippen molar-refractivity contribution in [2.45, 2.75) is 25.4 Å². The summed E-state index contributed by atoms with van der Waals surface area (Å²) in [4.78, 5) is 14.4. The molecule has 0 unspecified atom stereocenters. The molecule has 90 valence electrons. The van der Waals surface area contributed by atoms with Crippen LogP contribution < -0.4 is 0 Å². The SMILES string of the molecule is Cc1csc(CC(=O)C(F)(F)C(F)(F)F)n1. The quantitative estimate of drug-likeness (QED) is 0.781. The van der Waals surface area contributed by atoms with Crippen molar-refractivity contribution in [2.24, 2.45) is 0 Å². The van der Waals surface area contributed by atoms with Gasteiger partial charge in [0.05, 0.1) is 6.42 Å². The van der Waals surface area contributed by atoms with Gasteiger partial charge in [-0.25, -0.2) is 4.98 Å². The van der Waals surface area contributed by atoms with Crippen molar-refractivity contribution in [3.8, 4) is 0 Å². The lowest BCUT2D eigenvalue weighted by Crippen LogP contribution is -2.44. The fraction of sp³-hybridized carbons (Fsp3) is 0.500. The number of rotatable bonds is 3. The zero-order chi connectivity index (χ0) is 12.6. The molecule has 0 fully saturated rings. The Balaban J connectivity index is 2.80. The molecular formula is C8H6F5NOS. The molecule has 0 atom stereocenters. The minimum absolute atomic E-state index is 0.0496. The molecule has 2 nitrogen and oxygen atoms in total. The van der Waals surface area contributed by atoms with Crippen LogP contribution in [0.5, 0.6) is 0 Å². The predicted molar refractivity (Wildman–Crippen MR) is 46.6 cm³/mol. The van der Waals surface area contributed by atoms with Gasteiger partial charge in [0.2, 0.25) is 5.78 Å². The van der Waals surface area contributed by atoms with Crippen LogP contribution in [-0.2, 0) is 11.2 Å². The molecule has 0 amide bonds. The fourth-order valence-electron chi connectivity index (χ4n) is 0.890. The van der Waals surface area contributed by atoms with E-state index in [4.69, 9.17) is 0 Å². The summed E-state index contributed by atoms with van der Waals surface area (Å²) in [6.45, 7) is 1.55. The Hall–Kier alpha value is -1.05. The van der Waals surface area contributed by atoms with Crippen molar-refractivity contribution in [3.63, 3.8) is 0 Å². The maximum absolute atomic E-state index is 12.5. The monoisotopic (exact) mass is 259 g/mol. The van der Waals surface area contributed by atoms with Gasteiger partial charge < -0.3 is 0 Å². The molecule has 0 aromatic carbocycles. The number of alkyl halides is 5. The third kappa shape index (κ3) is 2.55. The van der Waals surface area contributed by atoms with Gasteiger partial charge in [-0.05, 0) is 6.92 Å². The molecule has 0 spiro atoms. The highest BCUT2D eigenvalue weighted by atomic mass is 32.1. The van der Waals surface area contributed by atoms with Crippen LogP contribution in [0.1, 0.15) is 10.7 Å². The second-order valence-corrected chi connectivity index (χ2v) is 4.00. The first-order chi connectivity index (χ1) is 7.14. The summed E-state index contributed by atoms with van der Waals surface area (Å²) >= 11 is 0.872. The number of hydrogen-bond donors (Lipinski definition) is 0. The maximum atomic E-state index is 12.5. The fourth-order valence-corrected chi connectivity index (χ4v) is 1.66. The van der Waals surface area contributed by atoms with E-state index >= 15 is 0 Å². The van der Waals surface area contributed by atoms with Crippen LogP contribution in [0.25, 0.3) is 0 Å². The van der Waals surface area contributed by atoms with Gasteiger partial charge in [0.15, 0.2) is 0 Å². The zero-order valence-corrected chi connectivity index (χ0v) is 8.75. The lowest BCUT2D eigenvalue weighted by molar-refractivity contribution is -0.268. The highest BCUT2D eigenvalue weighted by Gasteiger charge is 2.62. The summed E-state index contributed by atoms with van der Waals surface area (Å²) in [5.74, 6) is -7.50. The summed E-state index contributed by atoms with van der Waals surface area (Å²) in [6.07, 6.45) is -6.86. The Kier molecular flexibility index (Phi) is 3.32. The van der Waals surface area contributed by atoms with Gasteiger partial charge in [0.25, 0.3) is 0 Å². The zero-order valence-electron chi connectivity index (χ0n) is 7.94. The lowest BCUT2D eigenvalue weighted by Gasteiger charge is -2.17. The third-order valence-electron chi connectivity index (χ3n) is 1.68. The topological polar surface area (TPSA) is 30.0 Å². The molecule has 0 saturated heterocycles. The average Bonchev–Trinajstić information content (AvgIpc) is 2.49. The Labute approximate surface area is 91.1 Å². The molecule has 0 N–H and O–H groups in total. The number of Topliss-reactive ketones (excluding diaryl/α,β-unsaturated/α-hetero) is 1. The molecule has 0 aliphatic rings. The molecule has 0 radical (unpaired) electrons. The Morgan fingerprint density at radius 1 is 1.38 bits per heavy atom. The average molecular weight is 259 g/mol. The largest absolute Gasteiger partial charge is 0.461 e. The number of hydrogen-bond acceptors (Lipinski definition) is 3. The Bertz CT molecular complexity index is 397. The van der Waals surface area contributed by atoms with E-state index in [9.17, 15) is 26.7 Å². The summed E-state index contributed by atoms with van der Waals surface area (Å²) in [7, 11) is 0. The summed E-state index contributed by atoms with van der Waals surface area (Å²) in [6, 6.07) is 0. The van der Waals surface area contributed by atoms with Crippen LogP contribution in [-0.4, -0.2) is 22.9 Å². The normalized spacial score (nSPS) is 12.9. The van der Waals surface area contributed by atoms with Crippen molar-refractivity contribution >= 4 is 17.1 Å². The maximum Gasteiger partial charge on any atom is 0.461 e. The van der Waals surface area contributed by atoms with Gasteiger partial charge in [0.1, 0.15) is 5.01 Å². The molecule has 1 heterocycles. The molecular weight excluding hydrogens is 253 g/mol. The van der Waals surface area contributed by atoms with Crippen molar-refractivity contribution in [1.82, 2.24) is 4.98 Å². The van der Waals surface area contributed by atoms with E-state index in [0.29, 0.717) is 5.69 Å². The molecule has 0 saturated carbocycles. The second kappa shape index (κ2) is 4.08. The molecule has 8 heteroatoms. The van der Waals surface area contributed by atoms with Crippen LogP contribution in [0.15, 0.2) is 5.38 Å². The van der Waals surface area contributed by atoms with Crippen LogP contribution in [0, 0.1) is 6.92 Å². The highest BCUT2D eigenvalue weighted by molar-refractivity contribution is 7.09. The number of thiazole rings is 1. The Morgan fingerprint density at radius 3 is 2.31 bits per heavy atom. The van der Waals surface area contributed by atoms with Gasteiger partial charge in [-0.2, -0.15) is 22.0 Å². The number of halogens is 5. The number of ketones is 1. The van der Waals surface area contributed by atoms with Crippen molar-refractivity contribution < 1.29 is 26.7 Å². The first kappa shape index (κ1) is 13.0. The number of nitrogens with zero attached hydrogens (tertiary/aromatic N) is 1. The molecule has 16 heavy (non-hydrogen) atoms. The molecule has 1 aromatic rings. The second-order valence-electron chi connectivity index (χ2n) is 3.05. The Morgan fingerprint density at radius 2 is 1.94 bits per heavy atom. The summed E-state index contributed by atoms with van der Waals surface area (Å²) < 4.78 is 60.4. The van der Waals surface area contributed by atoms with E-state index in [1.165, 1.54) is 5.38 Å². The summed E-state index contributed by atoms with van der Waals surface area (Å²) in [5.41, 5.74) is 0.475. The smallest absolute Gasteiger partial charge is 0.292 e. The van der Waals surface area contributed by atoms with Gasteiger partial charge in [0, 0.05) is 11.1 Å². The van der Waals surface area contributed by atoms with Crippen LogP contribution >= 0.6 is 11.3 Å². The van der Waals surface area contributed by atoms with Gasteiger partial charge in [-0.15, -0.1) is 11.3 Å². The number of carbonyl (C=O) groups excluding carboxylic acids is 1. The van der Waals surface area contributed by atoms with Crippen LogP contribution in [0.2, 0.25) is 0 Å². The molecule has 1 rings (SSSR count). The van der Waals surface area contributed by atoms with Gasteiger partial charge in [-0.3, -0.25) is 4.79 Å². The number of carbonyl (C=O) groups is 1. The lowest BCUT2D eigenvalue weighted by atomic mass is 10.1. The van der Waals surface area contributed by atoms with E-state index in [0.717, 1.165) is 11.3 Å². The van der Waals surface area contributed by atoms with Crippen LogP contribution in [0.4, 0.5) is 22.0 Å². The molecule has 1 aromatic heterocycles. The number of aryl methyl sites for hydroxylation is 1. The van der Waals surface area contributed by atoms with Crippen molar-refractivity contribution in [1.29, 1.82) is 0 Å². The first-order valence-electron chi connectivity index (χ1n) is 4.03. The third-order valence-corrected chi connectivity index (χ3v) is 2.65. The van der Waals surface area contributed by atoms with Crippen LogP contribution in [0.3, 0.4) is 0 Å². The molecule has 0 aliphatic carbocycles. The first-order valence-corrected chi connectivity index (χ1v) is 4.91. The number of aromatic nitrogens is 1. The van der Waals surface area contributed by atoms with E-state index in [-0.39, 0.29) is 5.01 Å². The summed E-state index contributed by atoms with van der Waals surface area (Å²) in [5, 5.41) is 1.42. The van der Waals surface area contributed by atoms with E-state index in [1.807, 2.05) is 0 Å². The minimum Gasteiger partial charge on any atom is -0.292 e. The van der Waals surface area contributed by atoms with Crippen molar-refractivity contribution in [2.75, 3.05) is 0 Å². The van der Waals surface area contributed by atoms with Crippen molar-refractivity contribution in [3.05, 3.63) is 16.1 Å². The highest BCUT2D eigenvalue weighted by Crippen LogP contribution is 2.36. The van der Waals surface area contributed by atoms with E-state index in [2.05, 4.69) is 4.98 Å². The standard InChI is InChI=1S/C8H6F5NOS/c1-4-3-16-6(14-4)2-5(15)7(9,10)8(11,12)13/h3H,2H2,1H3. The van der Waals surface area contributed by atoms with Gasteiger partial charge >= 0.3 is 12.1 Å². The van der Waals surface area contributed by atoms with E-state index in [1.54, 1.807) is 6.92 Å². The molecule has 0 aliphatic heterocycles. The predicted octanol–water partition coefficient (Wildman–Crippen LogP) is 2.76. The molecule has 0 bridgehead atoms. The minimum atomic E-state index is -5.85. The van der Waals surface area contributed by atoms with Gasteiger partial charge in [-0.1, -0.05) is 0 Å². The van der Waals surface area contributed by atoms with E-state index < -0.39 is 24.3 Å².